The summed E-state index contributed by atoms with van der Waals surface area (Å²) in [5, 5.41) is 10.7. The van der Waals surface area contributed by atoms with E-state index in [0.717, 1.165) is 6.54 Å². The van der Waals surface area contributed by atoms with Crippen molar-refractivity contribution in [1.29, 1.82) is 0 Å². The molecular weight excluding hydrogens is 248 g/mol. The first kappa shape index (κ1) is 13.3. The minimum Gasteiger partial charge on any atom is -0.398 e. The smallest absolute Gasteiger partial charge is 0.269 e. The molecule has 102 valence electrons. The van der Waals surface area contributed by atoms with Gasteiger partial charge in [-0.3, -0.25) is 19.8 Å². The zero-order valence-electron chi connectivity index (χ0n) is 10.7. The highest BCUT2D eigenvalue weighted by Gasteiger charge is 2.22. The number of nitrogen functional groups attached to an aromatic ring is 1. The van der Waals surface area contributed by atoms with Crippen molar-refractivity contribution >= 4 is 17.3 Å². The summed E-state index contributed by atoms with van der Waals surface area (Å²) in [6.07, 6.45) is 0. The molecule has 2 rings (SSSR count). The number of rotatable bonds is 3. The van der Waals surface area contributed by atoms with Gasteiger partial charge in [0.05, 0.1) is 11.5 Å². The maximum atomic E-state index is 11.6. The Kier molecular flexibility index (Phi) is 3.66. The minimum atomic E-state index is -0.446. The summed E-state index contributed by atoms with van der Waals surface area (Å²) in [5.74, 6) is 0.0512. The summed E-state index contributed by atoms with van der Waals surface area (Å²) < 4.78 is 0. The van der Waals surface area contributed by atoms with Gasteiger partial charge in [0.15, 0.2) is 0 Å². The molecular formula is C12H16N4O3. The molecule has 0 aromatic heterocycles. The Labute approximate surface area is 110 Å². The van der Waals surface area contributed by atoms with Gasteiger partial charge in [0.2, 0.25) is 5.91 Å². The first-order valence-electron chi connectivity index (χ1n) is 5.96. The van der Waals surface area contributed by atoms with Crippen molar-refractivity contribution in [3.63, 3.8) is 0 Å². The average molecular weight is 264 g/mol. The average Bonchev–Trinajstić information content (AvgIpc) is 2.36. The number of nitro benzene ring substituents is 1. The number of nitrogens with zero attached hydrogens (tertiary/aromatic N) is 3. The SMILES string of the molecule is CN1CCN(Cc2cc([N+](=O)[O-])ccc2N)CC1=O. The van der Waals surface area contributed by atoms with Gasteiger partial charge < -0.3 is 10.6 Å². The van der Waals surface area contributed by atoms with Crippen LogP contribution in [-0.2, 0) is 11.3 Å². The maximum Gasteiger partial charge on any atom is 0.269 e. The number of carbonyl (C=O) groups excluding carboxylic acids is 1. The molecule has 19 heavy (non-hydrogen) atoms. The van der Waals surface area contributed by atoms with Gasteiger partial charge in [0, 0.05) is 44.5 Å². The summed E-state index contributed by atoms with van der Waals surface area (Å²) >= 11 is 0. The number of nitrogens with two attached hydrogens (primary N) is 1. The van der Waals surface area contributed by atoms with Crippen LogP contribution in [-0.4, -0.2) is 47.3 Å². The van der Waals surface area contributed by atoms with Crippen LogP contribution in [0, 0.1) is 10.1 Å². The Bertz CT molecular complexity index is 518. The van der Waals surface area contributed by atoms with Crippen molar-refractivity contribution < 1.29 is 9.72 Å². The Morgan fingerprint density at radius 2 is 2.16 bits per heavy atom. The molecule has 1 aliphatic heterocycles. The molecule has 1 aromatic rings. The second-order valence-electron chi connectivity index (χ2n) is 4.67. The zero-order valence-corrected chi connectivity index (χ0v) is 10.7. The minimum absolute atomic E-state index is 0.0182. The molecule has 2 N–H and O–H groups in total. The third-order valence-corrected chi connectivity index (χ3v) is 3.27. The third-order valence-electron chi connectivity index (χ3n) is 3.27. The summed E-state index contributed by atoms with van der Waals surface area (Å²) in [5.41, 5.74) is 7.04. The van der Waals surface area contributed by atoms with E-state index in [1.165, 1.54) is 18.2 Å². The molecule has 7 heteroatoms. The molecule has 0 saturated carbocycles. The first-order valence-corrected chi connectivity index (χ1v) is 5.96. The van der Waals surface area contributed by atoms with Crippen molar-refractivity contribution in [3.05, 3.63) is 33.9 Å². The molecule has 1 heterocycles. The largest absolute Gasteiger partial charge is 0.398 e. The number of amides is 1. The lowest BCUT2D eigenvalue weighted by molar-refractivity contribution is -0.384. The van der Waals surface area contributed by atoms with Gasteiger partial charge in [-0.25, -0.2) is 0 Å². The van der Waals surface area contributed by atoms with Gasteiger partial charge in [-0.05, 0) is 11.6 Å². The van der Waals surface area contributed by atoms with Gasteiger partial charge in [-0.15, -0.1) is 0 Å². The Hall–Kier alpha value is -2.15. The summed E-state index contributed by atoms with van der Waals surface area (Å²) in [6.45, 7) is 2.17. The van der Waals surface area contributed by atoms with E-state index in [9.17, 15) is 14.9 Å². The molecule has 0 atom stereocenters. The van der Waals surface area contributed by atoms with E-state index in [1.807, 2.05) is 4.90 Å². The Balaban J connectivity index is 2.12. The summed E-state index contributed by atoms with van der Waals surface area (Å²) in [4.78, 5) is 25.5. The molecule has 1 amide bonds. The topological polar surface area (TPSA) is 92.7 Å². The van der Waals surface area contributed by atoms with E-state index in [4.69, 9.17) is 5.73 Å². The molecule has 0 bridgehead atoms. The number of benzene rings is 1. The monoisotopic (exact) mass is 264 g/mol. The molecule has 1 fully saturated rings. The Morgan fingerprint density at radius 1 is 1.42 bits per heavy atom. The van der Waals surface area contributed by atoms with Gasteiger partial charge >= 0.3 is 0 Å². The van der Waals surface area contributed by atoms with E-state index in [0.29, 0.717) is 30.9 Å². The number of hydrogen-bond donors (Lipinski definition) is 1. The van der Waals surface area contributed by atoms with Gasteiger partial charge in [0.1, 0.15) is 0 Å². The number of non-ortho nitro benzene ring substituents is 1. The van der Waals surface area contributed by atoms with Crippen molar-refractivity contribution in [2.45, 2.75) is 6.54 Å². The number of piperazine rings is 1. The predicted molar refractivity (Wildman–Crippen MR) is 70.4 cm³/mol. The third kappa shape index (κ3) is 3.00. The van der Waals surface area contributed by atoms with Gasteiger partial charge in [-0.2, -0.15) is 0 Å². The van der Waals surface area contributed by atoms with Crippen LogP contribution in [0.2, 0.25) is 0 Å². The molecule has 0 aliphatic carbocycles. The molecule has 1 aliphatic rings. The highest BCUT2D eigenvalue weighted by atomic mass is 16.6. The fourth-order valence-electron chi connectivity index (χ4n) is 2.03. The summed E-state index contributed by atoms with van der Waals surface area (Å²) in [7, 11) is 1.77. The quantitative estimate of drug-likeness (QED) is 0.486. The number of nitro groups is 1. The van der Waals surface area contributed by atoms with Crippen LogP contribution in [0.5, 0.6) is 0 Å². The van der Waals surface area contributed by atoms with Crippen LogP contribution in [0.15, 0.2) is 18.2 Å². The summed E-state index contributed by atoms with van der Waals surface area (Å²) in [6, 6.07) is 4.39. The lowest BCUT2D eigenvalue weighted by Crippen LogP contribution is -2.48. The highest BCUT2D eigenvalue weighted by Crippen LogP contribution is 2.21. The number of carbonyl (C=O) groups is 1. The fourth-order valence-corrected chi connectivity index (χ4v) is 2.03. The second kappa shape index (κ2) is 5.23. The van der Waals surface area contributed by atoms with Crippen LogP contribution < -0.4 is 5.73 Å². The van der Waals surface area contributed by atoms with Gasteiger partial charge in [-0.1, -0.05) is 0 Å². The van der Waals surface area contributed by atoms with Crippen LogP contribution in [0.1, 0.15) is 5.56 Å². The maximum absolute atomic E-state index is 11.6. The van der Waals surface area contributed by atoms with E-state index in [2.05, 4.69) is 0 Å². The zero-order chi connectivity index (χ0) is 14.0. The molecule has 0 unspecified atom stereocenters. The number of hydrogen-bond acceptors (Lipinski definition) is 5. The van der Waals surface area contributed by atoms with Crippen LogP contribution >= 0.6 is 0 Å². The van der Waals surface area contributed by atoms with Crippen LogP contribution in [0.3, 0.4) is 0 Å². The van der Waals surface area contributed by atoms with E-state index < -0.39 is 4.92 Å². The van der Waals surface area contributed by atoms with Crippen molar-refractivity contribution in [1.82, 2.24) is 9.80 Å². The Morgan fingerprint density at radius 3 is 2.79 bits per heavy atom. The normalized spacial score (nSPS) is 16.7. The van der Waals surface area contributed by atoms with Crippen molar-refractivity contribution in [2.24, 2.45) is 0 Å². The highest BCUT2D eigenvalue weighted by molar-refractivity contribution is 5.78. The van der Waals surface area contributed by atoms with E-state index in [1.54, 1.807) is 11.9 Å². The fraction of sp³-hybridized carbons (Fsp3) is 0.417. The standard InChI is InChI=1S/C12H16N4O3/c1-14-4-5-15(8-12(14)17)7-9-6-10(16(18)19)2-3-11(9)13/h2-3,6H,4-5,7-8,13H2,1H3. The van der Waals surface area contributed by atoms with Crippen molar-refractivity contribution in [2.75, 3.05) is 32.4 Å². The van der Waals surface area contributed by atoms with Crippen molar-refractivity contribution in [3.8, 4) is 0 Å². The number of likely N-dealkylation sites (N-methyl/N-ethyl adjacent to an activating group) is 1. The molecule has 1 saturated heterocycles. The number of anilines is 1. The van der Waals surface area contributed by atoms with E-state index in [-0.39, 0.29) is 11.6 Å². The lowest BCUT2D eigenvalue weighted by Gasteiger charge is -2.32. The second-order valence-corrected chi connectivity index (χ2v) is 4.67. The van der Waals surface area contributed by atoms with Gasteiger partial charge in [0.25, 0.3) is 5.69 Å². The molecule has 0 radical (unpaired) electrons. The molecule has 1 aromatic carbocycles. The van der Waals surface area contributed by atoms with E-state index >= 15 is 0 Å². The van der Waals surface area contributed by atoms with Crippen LogP contribution in [0.25, 0.3) is 0 Å². The molecule has 0 spiro atoms. The lowest BCUT2D eigenvalue weighted by atomic mass is 10.1. The molecule has 7 nitrogen and oxygen atoms in total. The predicted octanol–water partition coefficient (Wildman–Crippen LogP) is 0.451. The first-order chi connectivity index (χ1) is 8.97. The van der Waals surface area contributed by atoms with Crippen LogP contribution in [0.4, 0.5) is 11.4 Å².